The number of carbonyl (C=O) groups is 1. The van der Waals surface area contributed by atoms with Crippen molar-refractivity contribution < 1.29 is 9.90 Å². The number of hydrogen-bond acceptors (Lipinski definition) is 5. The van der Waals surface area contributed by atoms with Crippen LogP contribution in [0.5, 0.6) is 0 Å². The molecule has 0 radical (unpaired) electrons. The number of anilines is 1. The highest BCUT2D eigenvalue weighted by Crippen LogP contribution is 2.16. The molecule has 17 heavy (non-hydrogen) atoms. The zero-order valence-electron chi connectivity index (χ0n) is 9.85. The highest BCUT2D eigenvalue weighted by molar-refractivity contribution is 7.13. The second kappa shape index (κ2) is 7.16. The van der Waals surface area contributed by atoms with Crippen LogP contribution in [0, 0.1) is 0 Å². The van der Waals surface area contributed by atoms with Crippen LogP contribution in [0.3, 0.4) is 0 Å². The Labute approximate surface area is 105 Å². The van der Waals surface area contributed by atoms with Gasteiger partial charge in [0.15, 0.2) is 5.13 Å². The zero-order valence-corrected chi connectivity index (χ0v) is 10.7. The molecule has 1 rings (SSSR count). The molecule has 0 aliphatic rings. The minimum atomic E-state index is -0.121. The normalized spacial score (nSPS) is 10.5. The Morgan fingerprint density at radius 1 is 1.76 bits per heavy atom. The Morgan fingerprint density at radius 2 is 2.53 bits per heavy atom. The molecule has 2 N–H and O–H groups in total. The van der Waals surface area contributed by atoms with Crippen LogP contribution in [0.15, 0.2) is 18.0 Å². The third-order valence-electron chi connectivity index (χ3n) is 2.02. The maximum Gasteiger partial charge on any atom is 0.223 e. The molecule has 0 aliphatic heterocycles. The lowest BCUT2D eigenvalue weighted by atomic mass is 10.4. The highest BCUT2D eigenvalue weighted by Gasteiger charge is 2.08. The van der Waals surface area contributed by atoms with E-state index in [1.165, 1.54) is 18.3 Å². The van der Waals surface area contributed by atoms with E-state index in [1.54, 1.807) is 6.08 Å². The van der Waals surface area contributed by atoms with Gasteiger partial charge in [-0.3, -0.25) is 9.69 Å². The summed E-state index contributed by atoms with van der Waals surface area (Å²) in [7, 11) is 0. The van der Waals surface area contributed by atoms with Crippen LogP contribution in [0.4, 0.5) is 5.13 Å². The van der Waals surface area contributed by atoms with Gasteiger partial charge in [0.2, 0.25) is 5.91 Å². The summed E-state index contributed by atoms with van der Waals surface area (Å²) in [5, 5.41) is 14.1. The SMILES string of the molecule is C=CCN(CCO)Cc1csc(NC(C)=O)n1. The Balaban J connectivity index is 2.56. The van der Waals surface area contributed by atoms with Crippen molar-refractivity contribution in [1.29, 1.82) is 0 Å². The molecule has 1 aromatic heterocycles. The summed E-state index contributed by atoms with van der Waals surface area (Å²) in [6.45, 7) is 7.16. The lowest BCUT2D eigenvalue weighted by Crippen LogP contribution is -2.26. The lowest BCUT2D eigenvalue weighted by Gasteiger charge is -2.17. The van der Waals surface area contributed by atoms with Gasteiger partial charge in [0, 0.05) is 31.9 Å². The van der Waals surface area contributed by atoms with Gasteiger partial charge in [-0.25, -0.2) is 4.98 Å². The van der Waals surface area contributed by atoms with Gasteiger partial charge in [-0.2, -0.15) is 0 Å². The maximum atomic E-state index is 10.8. The van der Waals surface area contributed by atoms with E-state index in [0.717, 1.165) is 5.69 Å². The van der Waals surface area contributed by atoms with Crippen LogP contribution in [0.1, 0.15) is 12.6 Å². The van der Waals surface area contributed by atoms with Crippen molar-refractivity contribution in [2.45, 2.75) is 13.5 Å². The van der Waals surface area contributed by atoms with E-state index in [2.05, 4.69) is 16.9 Å². The minimum Gasteiger partial charge on any atom is -0.395 e. The average Bonchev–Trinajstić information content (AvgIpc) is 2.65. The first-order chi connectivity index (χ1) is 8.15. The van der Waals surface area contributed by atoms with Gasteiger partial charge < -0.3 is 10.4 Å². The van der Waals surface area contributed by atoms with Crippen LogP contribution in [-0.2, 0) is 11.3 Å². The number of aromatic nitrogens is 1. The van der Waals surface area contributed by atoms with Gasteiger partial charge in [-0.05, 0) is 0 Å². The molecule has 6 heteroatoms. The number of rotatable bonds is 7. The standard InChI is InChI=1S/C11H17N3O2S/c1-3-4-14(5-6-15)7-10-8-17-11(13-10)12-9(2)16/h3,8,15H,1,4-7H2,2H3,(H,12,13,16). The second-order valence-electron chi connectivity index (χ2n) is 3.57. The summed E-state index contributed by atoms with van der Waals surface area (Å²) >= 11 is 1.40. The van der Waals surface area contributed by atoms with Gasteiger partial charge in [-0.1, -0.05) is 6.08 Å². The molecular formula is C11H17N3O2S. The van der Waals surface area contributed by atoms with Gasteiger partial charge in [-0.15, -0.1) is 17.9 Å². The molecular weight excluding hydrogens is 238 g/mol. The van der Waals surface area contributed by atoms with E-state index >= 15 is 0 Å². The molecule has 1 heterocycles. The van der Waals surface area contributed by atoms with Crippen molar-refractivity contribution >= 4 is 22.4 Å². The lowest BCUT2D eigenvalue weighted by molar-refractivity contribution is -0.114. The molecule has 1 aromatic rings. The summed E-state index contributed by atoms with van der Waals surface area (Å²) in [6, 6.07) is 0. The van der Waals surface area contributed by atoms with E-state index < -0.39 is 0 Å². The molecule has 0 aliphatic carbocycles. The summed E-state index contributed by atoms with van der Waals surface area (Å²) in [5.41, 5.74) is 0.883. The molecule has 0 fully saturated rings. The first-order valence-corrected chi connectivity index (χ1v) is 6.19. The topological polar surface area (TPSA) is 65.5 Å². The number of hydrogen-bond donors (Lipinski definition) is 2. The molecule has 0 unspecified atom stereocenters. The first-order valence-electron chi connectivity index (χ1n) is 5.31. The predicted molar refractivity (Wildman–Crippen MR) is 69.0 cm³/mol. The molecule has 1 amide bonds. The van der Waals surface area contributed by atoms with Crippen molar-refractivity contribution in [2.24, 2.45) is 0 Å². The number of nitrogens with one attached hydrogen (secondary N) is 1. The van der Waals surface area contributed by atoms with E-state index in [-0.39, 0.29) is 12.5 Å². The number of aliphatic hydroxyl groups is 1. The summed E-state index contributed by atoms with van der Waals surface area (Å²) in [6.07, 6.45) is 1.79. The maximum absolute atomic E-state index is 10.8. The Hall–Kier alpha value is -1.24. The molecule has 0 aromatic carbocycles. The fraction of sp³-hybridized carbons (Fsp3) is 0.455. The first kappa shape index (κ1) is 13.8. The highest BCUT2D eigenvalue weighted by atomic mass is 32.1. The number of amides is 1. The van der Waals surface area contributed by atoms with E-state index in [0.29, 0.717) is 24.8 Å². The molecule has 94 valence electrons. The van der Waals surface area contributed by atoms with Crippen LogP contribution in [0.2, 0.25) is 0 Å². The van der Waals surface area contributed by atoms with E-state index in [1.807, 2.05) is 10.3 Å². The van der Waals surface area contributed by atoms with Gasteiger partial charge >= 0.3 is 0 Å². The van der Waals surface area contributed by atoms with Crippen LogP contribution < -0.4 is 5.32 Å². The average molecular weight is 255 g/mol. The molecule has 5 nitrogen and oxygen atoms in total. The van der Waals surface area contributed by atoms with Gasteiger partial charge in [0.05, 0.1) is 12.3 Å². The van der Waals surface area contributed by atoms with Crippen LogP contribution in [-0.4, -0.2) is 40.6 Å². The Kier molecular flexibility index (Phi) is 5.82. The number of aliphatic hydroxyl groups excluding tert-OH is 1. The Morgan fingerprint density at radius 3 is 3.12 bits per heavy atom. The smallest absolute Gasteiger partial charge is 0.223 e. The van der Waals surface area contributed by atoms with Crippen molar-refractivity contribution in [3.05, 3.63) is 23.7 Å². The largest absolute Gasteiger partial charge is 0.395 e. The van der Waals surface area contributed by atoms with Crippen molar-refractivity contribution in [1.82, 2.24) is 9.88 Å². The second-order valence-corrected chi connectivity index (χ2v) is 4.43. The molecule has 0 spiro atoms. The molecule has 0 saturated carbocycles. The van der Waals surface area contributed by atoms with E-state index in [9.17, 15) is 4.79 Å². The third kappa shape index (κ3) is 5.08. The summed E-state index contributed by atoms with van der Waals surface area (Å²) in [4.78, 5) is 17.2. The number of carbonyl (C=O) groups excluding carboxylic acids is 1. The fourth-order valence-corrected chi connectivity index (χ4v) is 2.12. The fourth-order valence-electron chi connectivity index (χ4n) is 1.38. The minimum absolute atomic E-state index is 0.108. The summed E-state index contributed by atoms with van der Waals surface area (Å²) < 4.78 is 0. The third-order valence-corrected chi connectivity index (χ3v) is 2.83. The molecule has 0 saturated heterocycles. The van der Waals surface area contributed by atoms with Crippen molar-refractivity contribution in [2.75, 3.05) is 25.0 Å². The van der Waals surface area contributed by atoms with Crippen LogP contribution in [0.25, 0.3) is 0 Å². The van der Waals surface area contributed by atoms with Crippen molar-refractivity contribution in [3.63, 3.8) is 0 Å². The van der Waals surface area contributed by atoms with Gasteiger partial charge in [0.1, 0.15) is 0 Å². The Bertz CT molecular complexity index is 379. The summed E-state index contributed by atoms with van der Waals surface area (Å²) in [5.74, 6) is -0.121. The zero-order chi connectivity index (χ0) is 12.7. The molecule has 0 atom stereocenters. The monoisotopic (exact) mass is 255 g/mol. The van der Waals surface area contributed by atoms with E-state index in [4.69, 9.17) is 5.11 Å². The number of thiazole rings is 1. The quantitative estimate of drug-likeness (QED) is 0.716. The van der Waals surface area contributed by atoms with Crippen molar-refractivity contribution in [3.8, 4) is 0 Å². The van der Waals surface area contributed by atoms with Gasteiger partial charge in [0.25, 0.3) is 0 Å². The predicted octanol–water partition coefficient (Wildman–Crippen LogP) is 1.08. The molecule has 0 bridgehead atoms. The van der Waals surface area contributed by atoms with Crippen LogP contribution >= 0.6 is 11.3 Å². The number of nitrogens with zero attached hydrogens (tertiary/aromatic N) is 2.